The molecule has 2 aromatic carbocycles. The zero-order chi connectivity index (χ0) is 17.0. The second-order valence-corrected chi connectivity index (χ2v) is 6.57. The first-order valence-corrected chi connectivity index (χ1v) is 8.60. The van der Waals surface area contributed by atoms with Gasteiger partial charge in [-0.3, -0.25) is 4.72 Å². The summed E-state index contributed by atoms with van der Waals surface area (Å²) in [5.41, 5.74) is 1.22. The third kappa shape index (κ3) is 3.29. The minimum Gasteiger partial charge on any atom is -0.356 e. The maximum absolute atomic E-state index is 12.5. The van der Waals surface area contributed by atoms with Crippen molar-refractivity contribution in [2.45, 2.75) is 4.90 Å². The Hall–Kier alpha value is -3.11. The topological polar surface area (TPSA) is 84.0 Å². The summed E-state index contributed by atoms with van der Waals surface area (Å²) in [5.74, 6) is 2.82. The van der Waals surface area contributed by atoms with Gasteiger partial charge >= 0.3 is 0 Å². The Morgan fingerprint density at radius 2 is 1.50 bits per heavy atom. The van der Waals surface area contributed by atoms with Crippen molar-refractivity contribution in [1.82, 2.24) is 9.97 Å². The normalized spacial score (nSPS) is 11.0. The molecule has 0 spiro atoms. The number of sulfonamides is 1. The molecule has 3 aromatic rings. The Morgan fingerprint density at radius 3 is 2.12 bits per heavy atom. The van der Waals surface area contributed by atoms with E-state index in [9.17, 15) is 8.42 Å². The van der Waals surface area contributed by atoms with Crippen LogP contribution >= 0.6 is 0 Å². The van der Waals surface area contributed by atoms with Gasteiger partial charge in [-0.25, -0.2) is 18.4 Å². The number of hydrogen-bond acceptors (Lipinski definition) is 5. The molecular formula is C17H14N4O2S. The lowest BCUT2D eigenvalue weighted by Crippen LogP contribution is -2.16. The predicted molar refractivity (Wildman–Crippen MR) is 94.1 cm³/mol. The zero-order valence-electron chi connectivity index (χ0n) is 12.6. The van der Waals surface area contributed by atoms with Gasteiger partial charge in [0.2, 0.25) is 0 Å². The van der Waals surface area contributed by atoms with Crippen molar-refractivity contribution in [3.63, 3.8) is 0 Å². The summed E-state index contributed by atoms with van der Waals surface area (Å²) in [7, 11) is -3.77. The minimum absolute atomic E-state index is 0.104. The van der Waals surface area contributed by atoms with E-state index < -0.39 is 10.0 Å². The van der Waals surface area contributed by atoms with Crippen LogP contribution in [0.4, 0.5) is 11.6 Å². The summed E-state index contributed by atoms with van der Waals surface area (Å²) >= 11 is 0. The van der Waals surface area contributed by atoms with Gasteiger partial charge in [0.1, 0.15) is 0 Å². The highest BCUT2D eigenvalue weighted by molar-refractivity contribution is 7.92. The van der Waals surface area contributed by atoms with Crippen molar-refractivity contribution in [2.75, 3.05) is 16.6 Å². The maximum Gasteiger partial charge on any atom is 0.263 e. The molecule has 0 aliphatic rings. The Labute approximate surface area is 140 Å². The highest BCUT2D eigenvalue weighted by atomic mass is 32.2. The second kappa shape index (κ2) is 6.56. The number of benzene rings is 2. The molecule has 2 N–H and O–H groups in total. The average Bonchev–Trinajstić information content (AvgIpc) is 2.60. The molecule has 0 atom stereocenters. The summed E-state index contributed by atoms with van der Waals surface area (Å²) in [6.45, 7) is 0.201. The van der Waals surface area contributed by atoms with E-state index in [0.29, 0.717) is 11.0 Å². The lowest BCUT2D eigenvalue weighted by molar-refractivity contribution is 0.601. The van der Waals surface area contributed by atoms with E-state index in [4.69, 9.17) is 6.42 Å². The van der Waals surface area contributed by atoms with Gasteiger partial charge in [0.05, 0.1) is 22.5 Å². The summed E-state index contributed by atoms with van der Waals surface area (Å²) in [6, 6.07) is 15.2. The van der Waals surface area contributed by atoms with Gasteiger partial charge in [0.25, 0.3) is 10.0 Å². The van der Waals surface area contributed by atoms with Crippen LogP contribution in [0.15, 0.2) is 59.5 Å². The van der Waals surface area contributed by atoms with Gasteiger partial charge in [0, 0.05) is 0 Å². The second-order valence-electron chi connectivity index (χ2n) is 4.89. The number of hydrogen-bond donors (Lipinski definition) is 2. The Bertz CT molecular complexity index is 1010. The van der Waals surface area contributed by atoms with Gasteiger partial charge in [-0.05, 0) is 24.3 Å². The molecule has 7 heteroatoms. The fourth-order valence-corrected chi connectivity index (χ4v) is 3.15. The highest BCUT2D eigenvalue weighted by Crippen LogP contribution is 2.23. The van der Waals surface area contributed by atoms with Crippen LogP contribution in [-0.2, 0) is 10.0 Å². The quantitative estimate of drug-likeness (QED) is 0.698. The van der Waals surface area contributed by atoms with Crippen LogP contribution in [-0.4, -0.2) is 24.9 Å². The van der Waals surface area contributed by atoms with Crippen LogP contribution in [0.1, 0.15) is 0 Å². The van der Waals surface area contributed by atoms with Gasteiger partial charge < -0.3 is 5.32 Å². The molecule has 0 bridgehead atoms. The smallest absolute Gasteiger partial charge is 0.263 e. The molecule has 0 saturated carbocycles. The van der Waals surface area contributed by atoms with E-state index in [-0.39, 0.29) is 23.1 Å². The van der Waals surface area contributed by atoms with Gasteiger partial charge in [-0.1, -0.05) is 36.3 Å². The fraction of sp³-hybridized carbons (Fsp3) is 0.0588. The molecule has 0 radical (unpaired) electrons. The number of terminal acetylenes is 1. The van der Waals surface area contributed by atoms with Crippen molar-refractivity contribution in [2.24, 2.45) is 0 Å². The molecule has 120 valence electrons. The molecule has 0 amide bonds. The lowest BCUT2D eigenvalue weighted by atomic mass is 10.3. The van der Waals surface area contributed by atoms with E-state index in [2.05, 4.69) is 25.9 Å². The minimum atomic E-state index is -3.77. The van der Waals surface area contributed by atoms with Crippen molar-refractivity contribution in [1.29, 1.82) is 0 Å². The number of aromatic nitrogens is 2. The van der Waals surface area contributed by atoms with Crippen LogP contribution in [0.2, 0.25) is 0 Å². The molecule has 0 fully saturated rings. The Kier molecular flexibility index (Phi) is 4.31. The average molecular weight is 338 g/mol. The first kappa shape index (κ1) is 15.8. The number of para-hydroxylation sites is 2. The Morgan fingerprint density at radius 1 is 0.917 bits per heavy atom. The maximum atomic E-state index is 12.5. The molecular weight excluding hydrogens is 324 g/mol. The van der Waals surface area contributed by atoms with E-state index in [0.717, 1.165) is 0 Å². The monoisotopic (exact) mass is 338 g/mol. The lowest BCUT2D eigenvalue weighted by Gasteiger charge is -2.12. The Balaban J connectivity index is 2.05. The first-order chi connectivity index (χ1) is 11.6. The predicted octanol–water partition coefficient (Wildman–Crippen LogP) is 2.48. The summed E-state index contributed by atoms with van der Waals surface area (Å²) in [5, 5.41) is 2.89. The molecule has 6 nitrogen and oxygen atoms in total. The van der Waals surface area contributed by atoms with Crippen LogP contribution in [0.3, 0.4) is 0 Å². The summed E-state index contributed by atoms with van der Waals surface area (Å²) in [6.07, 6.45) is 5.26. The molecule has 1 heterocycles. The third-order valence-corrected chi connectivity index (χ3v) is 4.57. The fourth-order valence-electron chi connectivity index (χ4n) is 2.12. The van der Waals surface area contributed by atoms with Crippen LogP contribution in [0, 0.1) is 12.3 Å². The number of rotatable bonds is 5. The molecule has 1 aromatic heterocycles. The van der Waals surface area contributed by atoms with Gasteiger partial charge in [-0.15, -0.1) is 6.42 Å². The molecule has 24 heavy (non-hydrogen) atoms. The van der Waals surface area contributed by atoms with Crippen molar-refractivity contribution >= 4 is 32.7 Å². The van der Waals surface area contributed by atoms with Gasteiger partial charge in [-0.2, -0.15) is 0 Å². The zero-order valence-corrected chi connectivity index (χ0v) is 13.4. The highest BCUT2D eigenvalue weighted by Gasteiger charge is 2.18. The van der Waals surface area contributed by atoms with Crippen molar-refractivity contribution in [3.05, 3.63) is 54.6 Å². The van der Waals surface area contributed by atoms with Crippen LogP contribution in [0.5, 0.6) is 0 Å². The van der Waals surface area contributed by atoms with E-state index in [1.807, 2.05) is 6.07 Å². The van der Waals surface area contributed by atoms with Crippen molar-refractivity contribution < 1.29 is 8.42 Å². The molecule has 0 aliphatic carbocycles. The van der Waals surface area contributed by atoms with E-state index in [1.54, 1.807) is 36.4 Å². The number of nitrogens with zero attached hydrogens (tertiary/aromatic N) is 2. The number of nitrogens with one attached hydrogen (secondary N) is 2. The SMILES string of the molecule is C#CCNc1nc2ccccc2nc1NS(=O)(=O)c1ccccc1. The van der Waals surface area contributed by atoms with Gasteiger partial charge in [0.15, 0.2) is 11.6 Å². The van der Waals surface area contributed by atoms with Crippen molar-refractivity contribution in [3.8, 4) is 12.3 Å². The molecule has 0 saturated heterocycles. The van der Waals surface area contributed by atoms with E-state index in [1.165, 1.54) is 12.1 Å². The summed E-state index contributed by atoms with van der Waals surface area (Å²) < 4.78 is 27.5. The number of fused-ring (bicyclic) bond motifs is 1. The summed E-state index contributed by atoms with van der Waals surface area (Å²) in [4.78, 5) is 8.89. The molecule has 0 unspecified atom stereocenters. The number of anilines is 2. The van der Waals surface area contributed by atoms with Crippen LogP contribution < -0.4 is 10.0 Å². The molecule has 3 rings (SSSR count). The van der Waals surface area contributed by atoms with E-state index >= 15 is 0 Å². The largest absolute Gasteiger partial charge is 0.356 e. The third-order valence-electron chi connectivity index (χ3n) is 3.21. The van der Waals surface area contributed by atoms with Crippen LogP contribution in [0.25, 0.3) is 11.0 Å². The molecule has 0 aliphatic heterocycles. The first-order valence-electron chi connectivity index (χ1n) is 7.12. The standard InChI is InChI=1S/C17H14N4O2S/c1-2-12-18-16-17(20-15-11-7-6-10-14(15)19-16)21-24(22,23)13-8-4-3-5-9-13/h1,3-11H,12H2,(H,18,19)(H,20,21).